The lowest BCUT2D eigenvalue weighted by atomic mass is 9.84. The Hall–Kier alpha value is -0.970. The third-order valence-electron chi connectivity index (χ3n) is 4.97. The minimum atomic E-state index is -4.41. The molecule has 2 saturated carbocycles. The molecule has 0 aliphatic heterocycles. The van der Waals surface area contributed by atoms with Gasteiger partial charge in [0.25, 0.3) is 0 Å². The first kappa shape index (κ1) is 14.9. The standard InChI is InChI=1S/C15H18ClF3N2/c1-8(12-5-9-2-3-10(12)4-9)21-14-13(16)6-11(7-20-14)15(17,18)19/h6-10,12H,2-5H2,1H3,(H,20,21). The van der Waals surface area contributed by atoms with Gasteiger partial charge in [0.2, 0.25) is 0 Å². The summed E-state index contributed by atoms with van der Waals surface area (Å²) in [5.41, 5.74) is -0.814. The van der Waals surface area contributed by atoms with Crippen LogP contribution < -0.4 is 5.32 Å². The van der Waals surface area contributed by atoms with Gasteiger partial charge in [0, 0.05) is 12.2 Å². The van der Waals surface area contributed by atoms with Crippen molar-refractivity contribution in [2.45, 2.75) is 44.8 Å². The number of rotatable bonds is 3. The maximum Gasteiger partial charge on any atom is 0.417 e. The predicted octanol–water partition coefficient (Wildman–Crippen LogP) is 4.99. The summed E-state index contributed by atoms with van der Waals surface area (Å²) in [6.45, 7) is 2.07. The monoisotopic (exact) mass is 318 g/mol. The van der Waals surface area contributed by atoms with Gasteiger partial charge in [0.05, 0.1) is 10.6 Å². The number of hydrogen-bond acceptors (Lipinski definition) is 2. The van der Waals surface area contributed by atoms with Gasteiger partial charge in [-0.2, -0.15) is 13.2 Å². The molecule has 2 aliphatic rings. The predicted molar refractivity (Wildman–Crippen MR) is 76.3 cm³/mol. The molecule has 1 heterocycles. The van der Waals surface area contributed by atoms with Gasteiger partial charge < -0.3 is 5.32 Å². The van der Waals surface area contributed by atoms with Gasteiger partial charge in [-0.05, 0) is 50.0 Å². The lowest BCUT2D eigenvalue weighted by molar-refractivity contribution is -0.137. The van der Waals surface area contributed by atoms with Crippen molar-refractivity contribution >= 4 is 17.4 Å². The molecule has 0 spiro atoms. The van der Waals surface area contributed by atoms with Gasteiger partial charge in [-0.1, -0.05) is 18.0 Å². The van der Waals surface area contributed by atoms with Crippen molar-refractivity contribution in [3.8, 4) is 0 Å². The molecular formula is C15H18ClF3N2. The Kier molecular flexibility index (Phi) is 3.80. The first-order valence-electron chi connectivity index (χ1n) is 7.34. The molecule has 1 aromatic rings. The summed E-state index contributed by atoms with van der Waals surface area (Å²) < 4.78 is 37.8. The first-order valence-corrected chi connectivity index (χ1v) is 7.71. The summed E-state index contributed by atoms with van der Waals surface area (Å²) in [4.78, 5) is 3.86. The van der Waals surface area contributed by atoms with Gasteiger partial charge in [-0.25, -0.2) is 4.98 Å². The smallest absolute Gasteiger partial charge is 0.366 e. The number of nitrogens with zero attached hydrogens (tertiary/aromatic N) is 1. The zero-order chi connectivity index (χ0) is 15.2. The number of pyridine rings is 1. The molecule has 2 aliphatic carbocycles. The van der Waals surface area contributed by atoms with Gasteiger partial charge >= 0.3 is 6.18 Å². The molecule has 2 nitrogen and oxygen atoms in total. The van der Waals surface area contributed by atoms with E-state index in [0.29, 0.717) is 11.7 Å². The number of aromatic nitrogens is 1. The molecule has 0 radical (unpaired) electrons. The van der Waals surface area contributed by atoms with Crippen LogP contribution >= 0.6 is 11.6 Å². The lowest BCUT2D eigenvalue weighted by Crippen LogP contribution is -2.30. The molecule has 2 fully saturated rings. The second-order valence-electron chi connectivity index (χ2n) is 6.32. The van der Waals surface area contributed by atoms with Crippen LogP contribution in [0.4, 0.5) is 19.0 Å². The molecule has 2 bridgehead atoms. The second-order valence-corrected chi connectivity index (χ2v) is 6.73. The van der Waals surface area contributed by atoms with E-state index >= 15 is 0 Å². The van der Waals surface area contributed by atoms with Crippen molar-refractivity contribution in [3.63, 3.8) is 0 Å². The third-order valence-corrected chi connectivity index (χ3v) is 5.26. The van der Waals surface area contributed by atoms with E-state index < -0.39 is 11.7 Å². The quantitative estimate of drug-likeness (QED) is 0.849. The first-order chi connectivity index (χ1) is 9.84. The van der Waals surface area contributed by atoms with Crippen LogP contribution in [-0.2, 0) is 6.18 Å². The summed E-state index contributed by atoms with van der Waals surface area (Å²) >= 11 is 5.94. The zero-order valence-corrected chi connectivity index (χ0v) is 12.5. The molecule has 0 saturated heterocycles. The van der Waals surface area contributed by atoms with E-state index in [2.05, 4.69) is 17.2 Å². The van der Waals surface area contributed by atoms with Crippen LogP contribution in [0, 0.1) is 17.8 Å². The minimum Gasteiger partial charge on any atom is -0.366 e. The van der Waals surface area contributed by atoms with Gasteiger partial charge in [-0.3, -0.25) is 0 Å². The average Bonchev–Trinajstić information content (AvgIpc) is 3.02. The SMILES string of the molecule is CC(Nc1ncc(C(F)(F)F)cc1Cl)C1CC2CCC1C2. The van der Waals surface area contributed by atoms with Crippen molar-refractivity contribution < 1.29 is 13.2 Å². The van der Waals surface area contributed by atoms with Crippen LogP contribution in [-0.4, -0.2) is 11.0 Å². The van der Waals surface area contributed by atoms with Crippen molar-refractivity contribution in [3.05, 3.63) is 22.8 Å². The highest BCUT2D eigenvalue weighted by Gasteiger charge is 2.42. The summed E-state index contributed by atoms with van der Waals surface area (Å²) in [5, 5.41) is 3.23. The Balaban J connectivity index is 1.70. The van der Waals surface area contributed by atoms with E-state index in [-0.39, 0.29) is 11.1 Å². The van der Waals surface area contributed by atoms with E-state index in [9.17, 15) is 13.2 Å². The van der Waals surface area contributed by atoms with Crippen LogP contribution in [0.1, 0.15) is 38.2 Å². The largest absolute Gasteiger partial charge is 0.417 e. The molecule has 1 N–H and O–H groups in total. The zero-order valence-electron chi connectivity index (χ0n) is 11.8. The Labute approximate surface area is 127 Å². The number of halogens is 4. The molecule has 4 atom stereocenters. The molecule has 3 rings (SSSR count). The van der Waals surface area contributed by atoms with Crippen LogP contribution in [0.15, 0.2) is 12.3 Å². The van der Waals surface area contributed by atoms with Crippen LogP contribution in [0.3, 0.4) is 0 Å². The van der Waals surface area contributed by atoms with E-state index in [1.165, 1.54) is 25.7 Å². The highest BCUT2D eigenvalue weighted by Crippen LogP contribution is 2.50. The minimum absolute atomic E-state index is 0.0276. The number of hydrogen-bond donors (Lipinski definition) is 1. The lowest BCUT2D eigenvalue weighted by Gasteiger charge is -2.29. The van der Waals surface area contributed by atoms with Crippen molar-refractivity contribution in [2.75, 3.05) is 5.32 Å². The molecule has 0 amide bonds. The maximum atomic E-state index is 12.6. The Morgan fingerprint density at radius 1 is 1.33 bits per heavy atom. The van der Waals surface area contributed by atoms with E-state index in [1.54, 1.807) is 0 Å². The van der Waals surface area contributed by atoms with Crippen molar-refractivity contribution in [2.24, 2.45) is 17.8 Å². The van der Waals surface area contributed by atoms with Gasteiger partial charge in [-0.15, -0.1) is 0 Å². The summed E-state index contributed by atoms with van der Waals surface area (Å²) in [7, 11) is 0. The number of anilines is 1. The van der Waals surface area contributed by atoms with Gasteiger partial charge in [0.1, 0.15) is 5.82 Å². The Morgan fingerprint density at radius 3 is 2.62 bits per heavy atom. The van der Waals surface area contributed by atoms with Gasteiger partial charge in [0.15, 0.2) is 0 Å². The molecule has 116 valence electrons. The van der Waals surface area contributed by atoms with E-state index in [4.69, 9.17) is 11.6 Å². The molecule has 4 unspecified atom stereocenters. The highest BCUT2D eigenvalue weighted by atomic mass is 35.5. The van der Waals surface area contributed by atoms with Crippen LogP contribution in [0.5, 0.6) is 0 Å². The average molecular weight is 319 g/mol. The van der Waals surface area contributed by atoms with E-state index in [1.807, 2.05) is 0 Å². The van der Waals surface area contributed by atoms with Crippen molar-refractivity contribution in [1.82, 2.24) is 4.98 Å². The Bertz CT molecular complexity index is 532. The molecule has 0 aromatic carbocycles. The number of fused-ring (bicyclic) bond motifs is 2. The van der Waals surface area contributed by atoms with E-state index in [0.717, 1.165) is 24.1 Å². The Morgan fingerprint density at radius 2 is 2.10 bits per heavy atom. The number of nitrogens with one attached hydrogen (secondary N) is 1. The fraction of sp³-hybridized carbons (Fsp3) is 0.667. The summed E-state index contributed by atoms with van der Waals surface area (Å²) in [6, 6.07) is 1.12. The highest BCUT2D eigenvalue weighted by molar-refractivity contribution is 6.33. The molecule has 1 aromatic heterocycles. The van der Waals surface area contributed by atoms with Crippen LogP contribution in [0.2, 0.25) is 5.02 Å². The number of alkyl halides is 3. The maximum absolute atomic E-state index is 12.6. The third kappa shape index (κ3) is 2.98. The van der Waals surface area contributed by atoms with Crippen LogP contribution in [0.25, 0.3) is 0 Å². The fourth-order valence-electron chi connectivity index (χ4n) is 3.93. The molecule has 21 heavy (non-hydrogen) atoms. The topological polar surface area (TPSA) is 24.9 Å². The second kappa shape index (κ2) is 5.34. The molecule has 6 heteroatoms. The fourth-order valence-corrected chi connectivity index (χ4v) is 4.15. The summed E-state index contributed by atoms with van der Waals surface area (Å²) in [6.07, 6.45) is 1.53. The summed E-state index contributed by atoms with van der Waals surface area (Å²) in [5.74, 6) is 2.50. The normalized spacial score (nSPS) is 29.7. The molecular weight excluding hydrogens is 301 g/mol. The van der Waals surface area contributed by atoms with Crippen molar-refractivity contribution in [1.29, 1.82) is 0 Å².